The second-order valence-corrected chi connectivity index (χ2v) is 7.88. The predicted octanol–water partition coefficient (Wildman–Crippen LogP) is 3.75. The molecule has 2 aromatic carbocycles. The Balaban J connectivity index is 1.65. The van der Waals surface area contributed by atoms with E-state index in [0.717, 1.165) is 16.8 Å². The highest BCUT2D eigenvalue weighted by atomic mass is 32.2. The highest BCUT2D eigenvalue weighted by Gasteiger charge is 2.32. The summed E-state index contributed by atoms with van der Waals surface area (Å²) in [6.45, 7) is 5.41. The van der Waals surface area contributed by atoms with E-state index >= 15 is 0 Å². The largest absolute Gasteiger partial charge is 0.326 e. The molecule has 1 fully saturated rings. The van der Waals surface area contributed by atoms with Gasteiger partial charge in [0.15, 0.2) is 11.0 Å². The van der Waals surface area contributed by atoms with Crippen molar-refractivity contribution >= 4 is 45.9 Å². The predicted molar refractivity (Wildman–Crippen MR) is 112 cm³/mol. The van der Waals surface area contributed by atoms with Crippen LogP contribution in [-0.4, -0.2) is 28.0 Å². The number of rotatable bonds is 5. The Kier molecular flexibility index (Phi) is 5.94. The number of nitrogens with one attached hydrogen (secondary N) is 2. The van der Waals surface area contributed by atoms with Crippen LogP contribution in [0.2, 0.25) is 0 Å². The van der Waals surface area contributed by atoms with Gasteiger partial charge in [0, 0.05) is 17.7 Å². The molecule has 1 aliphatic rings. The number of amides is 2. The van der Waals surface area contributed by atoms with Crippen molar-refractivity contribution in [3.8, 4) is 0 Å². The molecule has 3 rings (SSSR count). The first-order valence-electron chi connectivity index (χ1n) is 8.86. The number of aliphatic imine (C=N–C) groups is 1. The van der Waals surface area contributed by atoms with E-state index in [1.54, 1.807) is 24.3 Å². The first kappa shape index (κ1) is 19.8. The third-order valence-corrected chi connectivity index (χ3v) is 5.37. The third kappa shape index (κ3) is 4.86. The van der Waals surface area contributed by atoms with Crippen LogP contribution in [0.15, 0.2) is 47.5 Å². The SMILES string of the molecule is CC(=O)c1cccc(NC(=O)C[C@@H]2SC(=Nc3cc(C)ccc3C)NC2=O)c1. The second-order valence-electron chi connectivity index (χ2n) is 6.69. The summed E-state index contributed by atoms with van der Waals surface area (Å²) >= 11 is 1.25. The van der Waals surface area contributed by atoms with Crippen molar-refractivity contribution in [2.24, 2.45) is 4.99 Å². The minimum Gasteiger partial charge on any atom is -0.326 e. The fraction of sp³-hybridized carbons (Fsp3) is 0.238. The van der Waals surface area contributed by atoms with Crippen LogP contribution in [0.5, 0.6) is 0 Å². The Hall–Kier alpha value is -2.93. The molecule has 0 unspecified atom stereocenters. The van der Waals surface area contributed by atoms with Gasteiger partial charge in [0.2, 0.25) is 11.8 Å². The molecule has 0 bridgehead atoms. The van der Waals surface area contributed by atoms with Gasteiger partial charge in [-0.3, -0.25) is 14.4 Å². The lowest BCUT2D eigenvalue weighted by Crippen LogP contribution is -2.28. The number of thioether (sulfide) groups is 1. The summed E-state index contributed by atoms with van der Waals surface area (Å²) in [7, 11) is 0. The van der Waals surface area contributed by atoms with Crippen LogP contribution in [0.4, 0.5) is 11.4 Å². The number of amidine groups is 1. The maximum Gasteiger partial charge on any atom is 0.240 e. The molecule has 0 aliphatic carbocycles. The fourth-order valence-corrected chi connectivity index (χ4v) is 3.72. The number of ketones is 1. The van der Waals surface area contributed by atoms with Crippen molar-refractivity contribution in [3.05, 3.63) is 59.2 Å². The minimum atomic E-state index is -0.542. The maximum atomic E-state index is 12.3. The maximum absolute atomic E-state index is 12.3. The van der Waals surface area contributed by atoms with Gasteiger partial charge in [0.05, 0.1) is 5.69 Å². The van der Waals surface area contributed by atoms with Gasteiger partial charge in [-0.1, -0.05) is 36.0 Å². The molecule has 2 aromatic rings. The lowest BCUT2D eigenvalue weighted by atomic mass is 10.1. The number of hydrogen-bond acceptors (Lipinski definition) is 5. The lowest BCUT2D eigenvalue weighted by Gasteiger charge is -2.08. The lowest BCUT2D eigenvalue weighted by molar-refractivity contribution is -0.122. The van der Waals surface area contributed by atoms with Crippen LogP contribution in [0.1, 0.15) is 34.8 Å². The van der Waals surface area contributed by atoms with Crippen LogP contribution in [0, 0.1) is 13.8 Å². The molecular formula is C21H21N3O3S. The Bertz CT molecular complexity index is 985. The molecule has 1 saturated heterocycles. The van der Waals surface area contributed by atoms with Crippen LogP contribution in [-0.2, 0) is 9.59 Å². The van der Waals surface area contributed by atoms with Gasteiger partial charge in [0.25, 0.3) is 0 Å². The Morgan fingerprint density at radius 1 is 1.18 bits per heavy atom. The highest BCUT2D eigenvalue weighted by Crippen LogP contribution is 2.27. The van der Waals surface area contributed by atoms with Gasteiger partial charge >= 0.3 is 0 Å². The zero-order chi connectivity index (χ0) is 20.3. The average Bonchev–Trinajstić information content (AvgIpc) is 2.97. The number of aryl methyl sites for hydroxylation is 2. The van der Waals surface area contributed by atoms with Gasteiger partial charge in [0.1, 0.15) is 5.25 Å². The zero-order valence-electron chi connectivity index (χ0n) is 15.9. The zero-order valence-corrected chi connectivity index (χ0v) is 16.7. The van der Waals surface area contributed by atoms with Gasteiger partial charge in [-0.25, -0.2) is 4.99 Å². The molecular weight excluding hydrogens is 374 g/mol. The molecule has 0 saturated carbocycles. The molecule has 0 radical (unpaired) electrons. The first-order chi connectivity index (χ1) is 13.3. The molecule has 6 nitrogen and oxygen atoms in total. The number of anilines is 1. The van der Waals surface area contributed by atoms with Crippen LogP contribution < -0.4 is 10.6 Å². The summed E-state index contributed by atoms with van der Waals surface area (Å²) in [5.41, 5.74) is 3.95. The molecule has 7 heteroatoms. The Morgan fingerprint density at radius 2 is 1.96 bits per heavy atom. The number of nitrogens with zero attached hydrogens (tertiary/aromatic N) is 1. The summed E-state index contributed by atoms with van der Waals surface area (Å²) in [5, 5.41) is 5.44. The number of carbonyl (C=O) groups is 3. The molecule has 0 aromatic heterocycles. The van der Waals surface area contributed by atoms with E-state index in [0.29, 0.717) is 16.4 Å². The molecule has 2 N–H and O–H groups in total. The number of Topliss-reactive ketones (excluding diaryl/α,β-unsaturated/α-hetero) is 1. The van der Waals surface area contributed by atoms with Gasteiger partial charge in [-0.2, -0.15) is 0 Å². The van der Waals surface area contributed by atoms with Crippen molar-refractivity contribution in [2.75, 3.05) is 5.32 Å². The van der Waals surface area contributed by atoms with E-state index in [1.807, 2.05) is 32.0 Å². The van der Waals surface area contributed by atoms with E-state index in [-0.39, 0.29) is 24.0 Å². The van der Waals surface area contributed by atoms with E-state index in [2.05, 4.69) is 15.6 Å². The summed E-state index contributed by atoms with van der Waals surface area (Å²) in [5.74, 6) is -0.600. The quantitative estimate of drug-likeness (QED) is 0.755. The smallest absolute Gasteiger partial charge is 0.240 e. The van der Waals surface area contributed by atoms with E-state index in [4.69, 9.17) is 0 Å². The summed E-state index contributed by atoms with van der Waals surface area (Å²) in [6.07, 6.45) is 0.0205. The molecule has 28 heavy (non-hydrogen) atoms. The Labute approximate surface area is 167 Å². The van der Waals surface area contributed by atoms with Gasteiger partial charge in [-0.05, 0) is 50.1 Å². The topological polar surface area (TPSA) is 87.6 Å². The normalized spacial score (nSPS) is 17.5. The monoisotopic (exact) mass is 395 g/mol. The van der Waals surface area contributed by atoms with E-state index in [9.17, 15) is 14.4 Å². The standard InChI is InChI=1S/C21H21N3O3S/c1-12-7-8-13(2)17(9-12)23-21-24-20(27)18(28-21)11-19(26)22-16-6-4-5-15(10-16)14(3)25/h4-10,18H,11H2,1-3H3,(H,22,26)(H,23,24,27)/t18-/m0/s1. The van der Waals surface area contributed by atoms with E-state index < -0.39 is 5.25 Å². The molecule has 1 heterocycles. The third-order valence-electron chi connectivity index (χ3n) is 4.29. The van der Waals surface area contributed by atoms with Crippen molar-refractivity contribution in [1.29, 1.82) is 0 Å². The van der Waals surface area contributed by atoms with Crippen molar-refractivity contribution < 1.29 is 14.4 Å². The summed E-state index contributed by atoms with van der Waals surface area (Å²) in [6, 6.07) is 12.7. The molecule has 2 amide bonds. The summed E-state index contributed by atoms with van der Waals surface area (Å²) < 4.78 is 0. The first-order valence-corrected chi connectivity index (χ1v) is 9.74. The van der Waals surface area contributed by atoms with Gasteiger partial charge < -0.3 is 10.6 Å². The molecule has 0 spiro atoms. The molecule has 1 aliphatic heterocycles. The highest BCUT2D eigenvalue weighted by molar-refractivity contribution is 8.15. The fourth-order valence-electron chi connectivity index (χ4n) is 2.74. The minimum absolute atomic E-state index is 0.0205. The summed E-state index contributed by atoms with van der Waals surface area (Å²) in [4.78, 5) is 40.5. The number of hydrogen-bond donors (Lipinski definition) is 2. The second kappa shape index (κ2) is 8.39. The van der Waals surface area contributed by atoms with Crippen molar-refractivity contribution in [1.82, 2.24) is 5.32 Å². The molecule has 1 atom stereocenters. The van der Waals surface area contributed by atoms with Crippen LogP contribution >= 0.6 is 11.8 Å². The van der Waals surface area contributed by atoms with Crippen LogP contribution in [0.3, 0.4) is 0 Å². The van der Waals surface area contributed by atoms with Gasteiger partial charge in [-0.15, -0.1) is 0 Å². The van der Waals surface area contributed by atoms with Crippen molar-refractivity contribution in [2.45, 2.75) is 32.4 Å². The Morgan fingerprint density at radius 3 is 2.71 bits per heavy atom. The van der Waals surface area contributed by atoms with E-state index in [1.165, 1.54) is 18.7 Å². The number of carbonyl (C=O) groups excluding carboxylic acids is 3. The molecule has 144 valence electrons. The van der Waals surface area contributed by atoms with Crippen LogP contribution in [0.25, 0.3) is 0 Å². The number of benzene rings is 2. The average molecular weight is 395 g/mol. The van der Waals surface area contributed by atoms with Crippen molar-refractivity contribution in [3.63, 3.8) is 0 Å².